The zero-order valence-electron chi connectivity index (χ0n) is 32.8. The summed E-state index contributed by atoms with van der Waals surface area (Å²) in [5.74, 6) is -0.867. The van der Waals surface area contributed by atoms with Crippen molar-refractivity contribution in [1.82, 2.24) is 0 Å². The van der Waals surface area contributed by atoms with Crippen molar-refractivity contribution in [3.63, 3.8) is 0 Å². The highest BCUT2D eigenvalue weighted by molar-refractivity contribution is 7.46. The fraction of sp³-hybridized carbons (Fsp3) is 0.951. The summed E-state index contributed by atoms with van der Waals surface area (Å²) in [6, 6.07) is 0. The van der Waals surface area contributed by atoms with Gasteiger partial charge in [-0.1, -0.05) is 206 Å². The van der Waals surface area contributed by atoms with E-state index in [4.69, 9.17) is 19.3 Å². The van der Waals surface area contributed by atoms with E-state index < -0.39 is 32.5 Å². The Morgan fingerprint density at radius 2 is 0.720 bits per heavy atom. The summed E-state index contributed by atoms with van der Waals surface area (Å²) < 4.78 is 26.4. The van der Waals surface area contributed by atoms with E-state index in [0.29, 0.717) is 6.42 Å². The summed E-state index contributed by atoms with van der Waals surface area (Å²) in [5.41, 5.74) is 0. The number of carbonyl (C=O) groups is 2. The second-order valence-corrected chi connectivity index (χ2v) is 15.9. The molecule has 0 bridgehead atoms. The fourth-order valence-electron chi connectivity index (χ4n) is 6.43. The Morgan fingerprint density at radius 3 is 1.02 bits per heavy atom. The summed E-state index contributed by atoms with van der Waals surface area (Å²) in [6.07, 6.45) is 39.6. The number of phosphoric ester groups is 1. The number of hydrogen-bond donors (Lipinski definition) is 2. The van der Waals surface area contributed by atoms with Crippen LogP contribution in [-0.2, 0) is 28.2 Å². The second kappa shape index (κ2) is 37.8. The van der Waals surface area contributed by atoms with Crippen molar-refractivity contribution in [3.05, 3.63) is 0 Å². The van der Waals surface area contributed by atoms with Gasteiger partial charge in [0.1, 0.15) is 6.61 Å². The van der Waals surface area contributed by atoms with Crippen molar-refractivity contribution in [2.45, 2.75) is 238 Å². The molecule has 0 aliphatic heterocycles. The Balaban J connectivity index is 3.85. The van der Waals surface area contributed by atoms with E-state index in [-0.39, 0.29) is 19.4 Å². The van der Waals surface area contributed by atoms with E-state index in [1.165, 1.54) is 167 Å². The molecule has 0 spiro atoms. The lowest BCUT2D eigenvalue weighted by Gasteiger charge is -2.18. The summed E-state index contributed by atoms with van der Waals surface area (Å²) in [4.78, 5) is 42.8. The lowest BCUT2D eigenvalue weighted by atomic mass is 10.0. The molecule has 0 saturated carbocycles. The highest BCUT2D eigenvalue weighted by atomic mass is 31.2. The molecular weight excluding hydrogens is 651 g/mol. The lowest BCUT2D eigenvalue weighted by Crippen LogP contribution is -2.29. The van der Waals surface area contributed by atoms with Crippen LogP contribution >= 0.6 is 7.82 Å². The van der Waals surface area contributed by atoms with Crippen molar-refractivity contribution in [2.24, 2.45) is 0 Å². The standard InChI is InChI=1S/C41H81O8P/c1-3-5-7-9-11-13-15-17-19-21-23-25-27-29-31-33-35-40(42)47-37-39(38-48-50(44,45)46)49-41(43)36-34-32-30-28-26-24-22-20-18-16-14-12-10-8-6-4-2/h39H,3-38H2,1-2H3,(H2,44,45,46)/t39-/m1/s1. The minimum atomic E-state index is -4.74. The van der Waals surface area contributed by atoms with Gasteiger partial charge in [0, 0.05) is 12.8 Å². The van der Waals surface area contributed by atoms with Gasteiger partial charge in [0.05, 0.1) is 6.61 Å². The third kappa shape index (κ3) is 39.8. The number of rotatable bonds is 40. The number of carbonyl (C=O) groups excluding carboxylic acids is 2. The Hall–Kier alpha value is -0.950. The number of hydrogen-bond acceptors (Lipinski definition) is 6. The van der Waals surface area contributed by atoms with Crippen LogP contribution in [0.4, 0.5) is 0 Å². The minimum Gasteiger partial charge on any atom is -0.462 e. The molecule has 0 aliphatic carbocycles. The maximum atomic E-state index is 12.4. The maximum Gasteiger partial charge on any atom is 0.469 e. The average molecular weight is 733 g/mol. The summed E-state index contributed by atoms with van der Waals surface area (Å²) >= 11 is 0. The van der Waals surface area contributed by atoms with E-state index in [1.807, 2.05) is 0 Å². The number of phosphoric acid groups is 1. The monoisotopic (exact) mass is 733 g/mol. The van der Waals surface area contributed by atoms with Crippen LogP contribution in [0.3, 0.4) is 0 Å². The topological polar surface area (TPSA) is 119 Å². The average Bonchev–Trinajstić information content (AvgIpc) is 3.08. The smallest absolute Gasteiger partial charge is 0.462 e. The molecule has 2 N–H and O–H groups in total. The molecule has 9 heteroatoms. The maximum absolute atomic E-state index is 12.4. The molecule has 0 fully saturated rings. The van der Waals surface area contributed by atoms with Crippen LogP contribution in [-0.4, -0.2) is 41.0 Å². The van der Waals surface area contributed by atoms with Crippen LogP contribution in [0, 0.1) is 0 Å². The zero-order chi connectivity index (χ0) is 36.8. The largest absolute Gasteiger partial charge is 0.469 e. The van der Waals surface area contributed by atoms with Crippen LogP contribution < -0.4 is 0 Å². The molecule has 0 rings (SSSR count). The van der Waals surface area contributed by atoms with E-state index in [0.717, 1.165) is 32.1 Å². The van der Waals surface area contributed by atoms with Crippen molar-refractivity contribution in [1.29, 1.82) is 0 Å². The van der Waals surface area contributed by atoms with E-state index in [9.17, 15) is 14.2 Å². The third-order valence-electron chi connectivity index (χ3n) is 9.63. The van der Waals surface area contributed by atoms with Crippen molar-refractivity contribution >= 4 is 19.8 Å². The van der Waals surface area contributed by atoms with Crippen LogP contribution in [0.15, 0.2) is 0 Å². The molecule has 0 heterocycles. The molecule has 0 saturated heterocycles. The summed E-state index contributed by atoms with van der Waals surface area (Å²) in [6.45, 7) is 3.72. The number of ether oxygens (including phenoxy) is 2. The van der Waals surface area contributed by atoms with Crippen LogP contribution in [0.2, 0.25) is 0 Å². The van der Waals surface area contributed by atoms with Crippen molar-refractivity contribution < 1.29 is 37.9 Å². The first-order valence-electron chi connectivity index (χ1n) is 21.3. The Kier molecular flexibility index (Phi) is 37.1. The normalized spacial score (nSPS) is 12.3. The van der Waals surface area contributed by atoms with Gasteiger partial charge in [0.15, 0.2) is 6.10 Å². The van der Waals surface area contributed by atoms with Gasteiger partial charge in [-0.3, -0.25) is 14.1 Å². The Morgan fingerprint density at radius 1 is 0.440 bits per heavy atom. The number of esters is 2. The van der Waals surface area contributed by atoms with Gasteiger partial charge >= 0.3 is 19.8 Å². The molecule has 0 amide bonds. The van der Waals surface area contributed by atoms with E-state index >= 15 is 0 Å². The molecule has 0 aliphatic rings. The summed E-state index contributed by atoms with van der Waals surface area (Å²) in [7, 11) is -4.74. The van der Waals surface area contributed by atoms with Crippen LogP contribution in [0.25, 0.3) is 0 Å². The predicted octanol–water partition coefficient (Wildman–Crippen LogP) is 12.9. The molecule has 0 unspecified atom stereocenters. The lowest BCUT2D eigenvalue weighted by molar-refractivity contribution is -0.161. The quantitative estimate of drug-likeness (QED) is 0.0363. The van der Waals surface area contributed by atoms with Gasteiger partial charge in [-0.05, 0) is 12.8 Å². The van der Waals surface area contributed by atoms with Gasteiger partial charge in [-0.15, -0.1) is 0 Å². The molecule has 8 nitrogen and oxygen atoms in total. The molecule has 0 aromatic rings. The molecule has 0 radical (unpaired) electrons. The Bertz CT molecular complexity index is 787. The first kappa shape index (κ1) is 49.0. The van der Waals surface area contributed by atoms with Gasteiger partial charge in [-0.2, -0.15) is 0 Å². The predicted molar refractivity (Wildman–Crippen MR) is 207 cm³/mol. The van der Waals surface area contributed by atoms with E-state index in [2.05, 4.69) is 18.4 Å². The van der Waals surface area contributed by atoms with Crippen LogP contribution in [0.1, 0.15) is 232 Å². The molecule has 0 aromatic heterocycles. The molecule has 50 heavy (non-hydrogen) atoms. The van der Waals surface area contributed by atoms with Gasteiger partial charge < -0.3 is 19.3 Å². The third-order valence-corrected chi connectivity index (χ3v) is 10.1. The highest BCUT2D eigenvalue weighted by Crippen LogP contribution is 2.36. The number of unbranched alkanes of at least 4 members (excludes halogenated alkanes) is 30. The molecule has 298 valence electrons. The fourth-order valence-corrected chi connectivity index (χ4v) is 6.79. The molecular formula is C41H81O8P. The Labute approximate surface area is 308 Å². The SMILES string of the molecule is CCCCCCCCCCCCCCCCCCC(=O)OC[C@H](COP(=O)(O)O)OC(=O)CCCCCCCCCCCCCCCCCC. The van der Waals surface area contributed by atoms with Gasteiger partial charge in [0.2, 0.25) is 0 Å². The van der Waals surface area contributed by atoms with E-state index in [1.54, 1.807) is 0 Å². The van der Waals surface area contributed by atoms with Crippen LogP contribution in [0.5, 0.6) is 0 Å². The first-order valence-corrected chi connectivity index (χ1v) is 22.9. The minimum absolute atomic E-state index is 0.220. The van der Waals surface area contributed by atoms with Crippen molar-refractivity contribution in [3.8, 4) is 0 Å². The van der Waals surface area contributed by atoms with Crippen molar-refractivity contribution in [2.75, 3.05) is 13.2 Å². The first-order chi connectivity index (χ1) is 24.3. The van der Waals surface area contributed by atoms with Gasteiger partial charge in [-0.25, -0.2) is 4.57 Å². The summed E-state index contributed by atoms with van der Waals surface area (Å²) in [5, 5.41) is 0. The molecule has 0 aromatic carbocycles. The van der Waals surface area contributed by atoms with Gasteiger partial charge in [0.25, 0.3) is 0 Å². The zero-order valence-corrected chi connectivity index (χ0v) is 33.7. The second-order valence-electron chi connectivity index (χ2n) is 14.7. The molecule has 1 atom stereocenters. The highest BCUT2D eigenvalue weighted by Gasteiger charge is 2.22.